The van der Waals surface area contributed by atoms with Crippen LogP contribution in [-0.2, 0) is 0 Å². The van der Waals surface area contributed by atoms with Gasteiger partial charge in [-0.2, -0.15) is 4.39 Å². The number of benzene rings is 1. The van der Waals surface area contributed by atoms with Crippen LogP contribution in [0.2, 0.25) is 0 Å². The summed E-state index contributed by atoms with van der Waals surface area (Å²) in [5, 5.41) is 9.09. The highest BCUT2D eigenvalue weighted by molar-refractivity contribution is 5.37. The quantitative estimate of drug-likeness (QED) is 0.626. The minimum Gasteiger partial charge on any atom is -0.505 e. The third kappa shape index (κ3) is 1.66. The summed E-state index contributed by atoms with van der Waals surface area (Å²) in [6.07, 6.45) is 0. The molecule has 0 aromatic heterocycles. The highest BCUT2D eigenvalue weighted by Crippen LogP contribution is 2.29. The van der Waals surface area contributed by atoms with Gasteiger partial charge in [-0.25, -0.2) is 8.78 Å². The second-order valence-corrected chi connectivity index (χ2v) is 2.77. The number of rotatable bonds is 2. The summed E-state index contributed by atoms with van der Waals surface area (Å²) in [6, 6.07) is -0.301. The predicted molar refractivity (Wildman–Crippen MR) is 44.0 cm³/mol. The first kappa shape index (κ1) is 10.8. The fourth-order valence-corrected chi connectivity index (χ4v) is 1.01. The fourth-order valence-electron chi connectivity index (χ4n) is 1.01. The van der Waals surface area contributed by atoms with E-state index in [1.807, 2.05) is 0 Å². The number of halogens is 3. The van der Waals surface area contributed by atoms with Gasteiger partial charge in [-0.1, -0.05) is 0 Å². The summed E-state index contributed by atoms with van der Waals surface area (Å²) in [4.78, 5) is 0. The molecule has 0 heterocycles. The van der Waals surface area contributed by atoms with Gasteiger partial charge in [0.25, 0.3) is 0 Å². The summed E-state index contributed by atoms with van der Waals surface area (Å²) in [6.45, 7) is -0.113. The Morgan fingerprint density at radius 3 is 2.36 bits per heavy atom. The summed E-state index contributed by atoms with van der Waals surface area (Å²) < 4.78 is 38.0. The van der Waals surface area contributed by atoms with Crippen LogP contribution in [-0.4, -0.2) is 11.7 Å². The highest BCUT2D eigenvalue weighted by atomic mass is 19.2. The lowest BCUT2D eigenvalue weighted by Crippen LogP contribution is -2.21. The van der Waals surface area contributed by atoms with Gasteiger partial charge in [0.15, 0.2) is 17.4 Å². The molecule has 0 aliphatic heterocycles. The Labute approximate surface area is 78.1 Å². The summed E-state index contributed by atoms with van der Waals surface area (Å²) in [7, 11) is 0. The molecule has 0 aliphatic rings. The summed E-state index contributed by atoms with van der Waals surface area (Å²) >= 11 is 0. The zero-order valence-corrected chi connectivity index (χ0v) is 7.10. The van der Waals surface area contributed by atoms with Crippen molar-refractivity contribution in [3.05, 3.63) is 29.1 Å². The van der Waals surface area contributed by atoms with Crippen LogP contribution in [0.15, 0.2) is 6.07 Å². The number of phenols is 1. The van der Waals surface area contributed by atoms with Crippen molar-refractivity contribution < 1.29 is 18.3 Å². The average Bonchev–Trinajstić information content (AvgIpc) is 2.19. The van der Waals surface area contributed by atoms with E-state index in [9.17, 15) is 13.2 Å². The van der Waals surface area contributed by atoms with E-state index in [4.69, 9.17) is 16.6 Å². The molecule has 0 bridgehead atoms. The number of hydrogen-bond donors (Lipinski definition) is 3. The molecule has 14 heavy (non-hydrogen) atoms. The zero-order chi connectivity index (χ0) is 10.9. The van der Waals surface area contributed by atoms with E-state index in [1.54, 1.807) is 0 Å². The predicted octanol–water partition coefficient (Wildman–Crippen LogP) is 0.768. The van der Waals surface area contributed by atoms with Crippen LogP contribution in [0.25, 0.3) is 0 Å². The van der Waals surface area contributed by atoms with Gasteiger partial charge in [-0.05, 0) is 6.07 Å². The van der Waals surface area contributed by atoms with Crippen LogP contribution in [0.4, 0.5) is 13.2 Å². The van der Waals surface area contributed by atoms with Crippen molar-refractivity contribution in [2.24, 2.45) is 11.5 Å². The number of nitrogens with two attached hydrogens (primary N) is 2. The molecule has 0 saturated heterocycles. The highest BCUT2D eigenvalue weighted by Gasteiger charge is 2.20. The lowest BCUT2D eigenvalue weighted by Gasteiger charge is -2.12. The van der Waals surface area contributed by atoms with Crippen molar-refractivity contribution in [3.8, 4) is 5.75 Å². The van der Waals surface area contributed by atoms with Gasteiger partial charge in [-0.15, -0.1) is 0 Å². The van der Waals surface area contributed by atoms with Gasteiger partial charge in [0, 0.05) is 18.2 Å². The van der Waals surface area contributed by atoms with E-state index in [0.717, 1.165) is 0 Å². The van der Waals surface area contributed by atoms with Gasteiger partial charge in [0.2, 0.25) is 5.82 Å². The number of hydrogen-bond acceptors (Lipinski definition) is 3. The Morgan fingerprint density at radius 1 is 1.29 bits per heavy atom. The monoisotopic (exact) mass is 206 g/mol. The molecule has 1 unspecified atom stereocenters. The van der Waals surface area contributed by atoms with E-state index in [1.165, 1.54) is 0 Å². The molecule has 5 N–H and O–H groups in total. The molecule has 1 aromatic carbocycles. The first-order valence-corrected chi connectivity index (χ1v) is 3.81. The van der Waals surface area contributed by atoms with Crippen LogP contribution < -0.4 is 11.5 Å². The maximum atomic E-state index is 12.8. The van der Waals surface area contributed by atoms with Crippen LogP contribution in [0, 0.1) is 17.5 Å². The molecule has 0 spiro atoms. The Morgan fingerprint density at radius 2 is 1.86 bits per heavy atom. The van der Waals surface area contributed by atoms with Crippen LogP contribution in [0.5, 0.6) is 5.75 Å². The zero-order valence-electron chi connectivity index (χ0n) is 7.10. The van der Waals surface area contributed by atoms with Crippen molar-refractivity contribution in [3.63, 3.8) is 0 Å². The molecule has 1 aromatic rings. The van der Waals surface area contributed by atoms with Gasteiger partial charge >= 0.3 is 0 Å². The Hall–Kier alpha value is -1.27. The van der Waals surface area contributed by atoms with Gasteiger partial charge < -0.3 is 16.6 Å². The van der Waals surface area contributed by atoms with Crippen molar-refractivity contribution in [1.82, 2.24) is 0 Å². The second-order valence-electron chi connectivity index (χ2n) is 2.77. The standard InChI is InChI=1S/C8H9F3N2O/c9-4-1-3(5(13)2-12)8(14)7(11)6(4)10/h1,5,14H,2,12-13H2. The molecule has 78 valence electrons. The van der Waals surface area contributed by atoms with Crippen LogP contribution in [0.1, 0.15) is 11.6 Å². The van der Waals surface area contributed by atoms with E-state index >= 15 is 0 Å². The van der Waals surface area contributed by atoms with Crippen molar-refractivity contribution in [1.29, 1.82) is 0 Å². The summed E-state index contributed by atoms with van der Waals surface area (Å²) in [5.74, 6) is -5.78. The molecule has 0 saturated carbocycles. The van der Waals surface area contributed by atoms with E-state index in [-0.39, 0.29) is 12.1 Å². The minimum absolute atomic E-state index is 0.113. The normalized spacial score (nSPS) is 12.9. The second kappa shape index (κ2) is 3.85. The van der Waals surface area contributed by atoms with E-state index in [0.29, 0.717) is 6.07 Å². The van der Waals surface area contributed by atoms with Gasteiger partial charge in [0.1, 0.15) is 0 Å². The molecular weight excluding hydrogens is 197 g/mol. The third-order valence-corrected chi connectivity index (χ3v) is 1.82. The molecular formula is C8H9F3N2O. The minimum atomic E-state index is -1.73. The largest absolute Gasteiger partial charge is 0.505 e. The van der Waals surface area contributed by atoms with Crippen molar-refractivity contribution in [2.75, 3.05) is 6.54 Å². The first-order chi connectivity index (χ1) is 6.49. The maximum absolute atomic E-state index is 12.8. The lowest BCUT2D eigenvalue weighted by atomic mass is 10.1. The van der Waals surface area contributed by atoms with Crippen LogP contribution >= 0.6 is 0 Å². The van der Waals surface area contributed by atoms with Crippen LogP contribution in [0.3, 0.4) is 0 Å². The fraction of sp³-hybridized carbons (Fsp3) is 0.250. The number of phenolic OH excluding ortho intramolecular Hbond substituents is 1. The van der Waals surface area contributed by atoms with E-state index < -0.39 is 29.2 Å². The topological polar surface area (TPSA) is 72.3 Å². The number of aromatic hydroxyl groups is 1. The molecule has 1 rings (SSSR count). The lowest BCUT2D eigenvalue weighted by molar-refractivity contribution is 0.378. The van der Waals surface area contributed by atoms with Gasteiger partial charge in [0.05, 0.1) is 0 Å². The van der Waals surface area contributed by atoms with Crippen molar-refractivity contribution in [2.45, 2.75) is 6.04 Å². The Kier molecular flexibility index (Phi) is 2.97. The van der Waals surface area contributed by atoms with E-state index in [2.05, 4.69) is 0 Å². The van der Waals surface area contributed by atoms with Crippen molar-refractivity contribution >= 4 is 0 Å². The Balaban J connectivity index is 3.33. The average molecular weight is 206 g/mol. The molecule has 3 nitrogen and oxygen atoms in total. The molecule has 6 heteroatoms. The summed E-state index contributed by atoms with van der Waals surface area (Å²) in [5.41, 5.74) is 10.2. The third-order valence-electron chi connectivity index (χ3n) is 1.82. The molecule has 0 aliphatic carbocycles. The molecule has 0 radical (unpaired) electrons. The Bertz CT molecular complexity index is 357. The molecule has 1 atom stereocenters. The smallest absolute Gasteiger partial charge is 0.203 e. The maximum Gasteiger partial charge on any atom is 0.203 e. The SMILES string of the molecule is NCC(N)c1cc(F)c(F)c(F)c1O. The first-order valence-electron chi connectivity index (χ1n) is 3.81. The van der Waals surface area contributed by atoms with Gasteiger partial charge in [-0.3, -0.25) is 0 Å². The molecule has 0 fully saturated rings. The molecule has 0 amide bonds.